The number of rotatable bonds is 6. The second-order valence-corrected chi connectivity index (χ2v) is 6.58. The molecule has 1 aliphatic heterocycles. The second-order valence-electron chi connectivity index (χ2n) is 6.58. The zero-order valence-corrected chi connectivity index (χ0v) is 15.7. The van der Waals surface area contributed by atoms with Gasteiger partial charge in [-0.3, -0.25) is 9.78 Å². The quantitative estimate of drug-likeness (QED) is 0.665. The summed E-state index contributed by atoms with van der Waals surface area (Å²) < 4.78 is 24.0. The van der Waals surface area contributed by atoms with Crippen molar-refractivity contribution >= 4 is 17.3 Å². The molecule has 0 unspecified atom stereocenters. The first-order chi connectivity index (χ1) is 14.2. The van der Waals surface area contributed by atoms with Crippen LogP contribution >= 0.6 is 0 Å². The van der Waals surface area contributed by atoms with E-state index in [-0.39, 0.29) is 11.7 Å². The number of hydrogen-bond acceptors (Lipinski definition) is 5. The summed E-state index contributed by atoms with van der Waals surface area (Å²) in [7, 11) is 0. The van der Waals surface area contributed by atoms with Crippen LogP contribution in [0.4, 0.5) is 15.8 Å². The number of nitrogens with zero attached hydrogens (tertiary/aromatic N) is 1. The number of carbonyl (C=O) groups excluding carboxylic acids is 1. The smallest absolute Gasteiger partial charge is 0.257 e. The third-order valence-corrected chi connectivity index (χ3v) is 4.46. The van der Waals surface area contributed by atoms with Gasteiger partial charge in [0, 0.05) is 30.7 Å². The van der Waals surface area contributed by atoms with Crippen LogP contribution in [0.25, 0.3) is 0 Å². The SMILES string of the molecule is O=C(Nc1ccc2c(c1)OCCO2)c1cncc(NCCc2ccc(F)cc2)c1. The summed E-state index contributed by atoms with van der Waals surface area (Å²) >= 11 is 0. The number of nitrogens with one attached hydrogen (secondary N) is 2. The lowest BCUT2D eigenvalue weighted by Crippen LogP contribution is -2.16. The molecule has 1 aliphatic rings. The van der Waals surface area contributed by atoms with Gasteiger partial charge >= 0.3 is 0 Å². The monoisotopic (exact) mass is 393 g/mol. The van der Waals surface area contributed by atoms with E-state index in [4.69, 9.17) is 9.47 Å². The summed E-state index contributed by atoms with van der Waals surface area (Å²) in [6, 6.07) is 13.4. The van der Waals surface area contributed by atoms with E-state index in [1.165, 1.54) is 18.3 Å². The van der Waals surface area contributed by atoms with E-state index in [2.05, 4.69) is 15.6 Å². The first-order valence-corrected chi connectivity index (χ1v) is 9.32. The van der Waals surface area contributed by atoms with Crippen molar-refractivity contribution in [2.75, 3.05) is 30.4 Å². The van der Waals surface area contributed by atoms with E-state index in [0.717, 1.165) is 17.7 Å². The fraction of sp³-hybridized carbons (Fsp3) is 0.182. The van der Waals surface area contributed by atoms with Crippen LogP contribution in [0.2, 0.25) is 0 Å². The average molecular weight is 393 g/mol. The molecule has 2 N–H and O–H groups in total. The van der Waals surface area contributed by atoms with Gasteiger partial charge in [-0.05, 0) is 42.3 Å². The molecule has 2 aromatic carbocycles. The Morgan fingerprint density at radius 2 is 1.76 bits per heavy atom. The first-order valence-electron chi connectivity index (χ1n) is 9.32. The van der Waals surface area contributed by atoms with Gasteiger partial charge in [0.2, 0.25) is 0 Å². The van der Waals surface area contributed by atoms with Crippen molar-refractivity contribution in [2.24, 2.45) is 0 Å². The molecule has 0 saturated carbocycles. The maximum absolute atomic E-state index is 13.0. The average Bonchev–Trinajstić information content (AvgIpc) is 2.75. The fourth-order valence-corrected chi connectivity index (χ4v) is 2.99. The lowest BCUT2D eigenvalue weighted by Gasteiger charge is -2.19. The van der Waals surface area contributed by atoms with Crippen LogP contribution in [0.15, 0.2) is 60.9 Å². The zero-order valence-electron chi connectivity index (χ0n) is 15.7. The summed E-state index contributed by atoms with van der Waals surface area (Å²) in [6.45, 7) is 1.64. The molecule has 4 rings (SSSR count). The minimum Gasteiger partial charge on any atom is -0.486 e. The second kappa shape index (κ2) is 8.60. The number of ether oxygens (including phenoxy) is 2. The highest BCUT2D eigenvalue weighted by Crippen LogP contribution is 2.32. The summed E-state index contributed by atoms with van der Waals surface area (Å²) in [4.78, 5) is 16.7. The molecule has 29 heavy (non-hydrogen) atoms. The highest BCUT2D eigenvalue weighted by atomic mass is 19.1. The lowest BCUT2D eigenvalue weighted by molar-refractivity contribution is 0.102. The summed E-state index contributed by atoms with van der Waals surface area (Å²) in [5.74, 6) is 0.769. The predicted molar refractivity (Wildman–Crippen MR) is 108 cm³/mol. The number of hydrogen-bond donors (Lipinski definition) is 2. The van der Waals surface area contributed by atoms with Crippen LogP contribution in [0.3, 0.4) is 0 Å². The molecule has 0 saturated heterocycles. The third-order valence-electron chi connectivity index (χ3n) is 4.46. The molecule has 148 valence electrons. The Bertz CT molecular complexity index is 1010. The van der Waals surface area contributed by atoms with Crippen molar-refractivity contribution in [3.05, 3.63) is 77.9 Å². The summed E-state index contributed by atoms with van der Waals surface area (Å²) in [5.41, 5.74) is 2.82. The van der Waals surface area contributed by atoms with Crippen molar-refractivity contribution in [3.63, 3.8) is 0 Å². The third kappa shape index (κ3) is 4.82. The number of benzene rings is 2. The van der Waals surface area contributed by atoms with E-state index < -0.39 is 0 Å². The maximum atomic E-state index is 13.0. The Hall–Kier alpha value is -3.61. The van der Waals surface area contributed by atoms with E-state index in [9.17, 15) is 9.18 Å². The largest absolute Gasteiger partial charge is 0.486 e. The number of fused-ring (bicyclic) bond motifs is 1. The highest BCUT2D eigenvalue weighted by molar-refractivity contribution is 6.04. The Labute approximate surface area is 167 Å². The molecular weight excluding hydrogens is 373 g/mol. The molecule has 1 aromatic heterocycles. The molecule has 6 nitrogen and oxygen atoms in total. The van der Waals surface area contributed by atoms with E-state index in [1.807, 2.05) is 0 Å². The maximum Gasteiger partial charge on any atom is 0.257 e. The number of anilines is 2. The molecule has 7 heteroatoms. The molecule has 0 fully saturated rings. The minimum atomic E-state index is -0.267. The topological polar surface area (TPSA) is 72.5 Å². The van der Waals surface area contributed by atoms with Crippen LogP contribution in [0.5, 0.6) is 11.5 Å². The number of pyridine rings is 1. The van der Waals surface area contributed by atoms with Crippen molar-refractivity contribution in [1.29, 1.82) is 0 Å². The van der Waals surface area contributed by atoms with Gasteiger partial charge in [0.25, 0.3) is 5.91 Å². The van der Waals surface area contributed by atoms with Gasteiger partial charge in [-0.25, -0.2) is 4.39 Å². The molecule has 3 aromatic rings. The van der Waals surface area contributed by atoms with Gasteiger partial charge in [-0.2, -0.15) is 0 Å². The molecule has 2 heterocycles. The van der Waals surface area contributed by atoms with Gasteiger partial charge in [-0.15, -0.1) is 0 Å². The fourth-order valence-electron chi connectivity index (χ4n) is 2.99. The van der Waals surface area contributed by atoms with Crippen molar-refractivity contribution in [2.45, 2.75) is 6.42 Å². The Balaban J connectivity index is 1.36. The normalized spacial score (nSPS) is 12.3. The number of carbonyl (C=O) groups is 1. The van der Waals surface area contributed by atoms with Gasteiger partial charge in [0.15, 0.2) is 11.5 Å². The highest BCUT2D eigenvalue weighted by Gasteiger charge is 2.14. The standard InChI is InChI=1S/C22H20FN3O3/c23-17-3-1-15(2-4-17)7-8-25-19-11-16(13-24-14-19)22(27)26-18-5-6-20-21(12-18)29-10-9-28-20/h1-6,11-14,25H,7-10H2,(H,26,27). The zero-order chi connectivity index (χ0) is 20.1. The number of amides is 1. The molecule has 0 spiro atoms. The van der Waals surface area contributed by atoms with Crippen LogP contribution in [0.1, 0.15) is 15.9 Å². The molecular formula is C22H20FN3O3. The van der Waals surface area contributed by atoms with E-state index in [0.29, 0.717) is 42.5 Å². The van der Waals surface area contributed by atoms with Gasteiger partial charge < -0.3 is 20.1 Å². The number of halogens is 1. The van der Waals surface area contributed by atoms with Crippen molar-refractivity contribution in [3.8, 4) is 11.5 Å². The van der Waals surface area contributed by atoms with Crippen LogP contribution in [-0.4, -0.2) is 30.6 Å². The van der Waals surface area contributed by atoms with E-state index in [1.54, 1.807) is 42.6 Å². The molecule has 0 aliphatic carbocycles. The van der Waals surface area contributed by atoms with Crippen LogP contribution in [-0.2, 0) is 6.42 Å². The molecule has 0 radical (unpaired) electrons. The van der Waals surface area contributed by atoms with Gasteiger partial charge in [0.05, 0.1) is 11.3 Å². The minimum absolute atomic E-state index is 0.248. The van der Waals surface area contributed by atoms with Gasteiger partial charge in [-0.1, -0.05) is 12.1 Å². The van der Waals surface area contributed by atoms with E-state index >= 15 is 0 Å². The molecule has 0 bridgehead atoms. The Morgan fingerprint density at radius 1 is 0.966 bits per heavy atom. The first kappa shape index (κ1) is 18.7. The van der Waals surface area contributed by atoms with Crippen LogP contribution < -0.4 is 20.1 Å². The van der Waals surface area contributed by atoms with Crippen molar-refractivity contribution < 1.29 is 18.7 Å². The van der Waals surface area contributed by atoms with Crippen LogP contribution in [0, 0.1) is 5.82 Å². The molecule has 0 atom stereocenters. The molecule has 1 amide bonds. The predicted octanol–water partition coefficient (Wildman–Crippen LogP) is 3.90. The van der Waals surface area contributed by atoms with Crippen molar-refractivity contribution in [1.82, 2.24) is 4.98 Å². The Kier molecular flexibility index (Phi) is 5.56. The Morgan fingerprint density at radius 3 is 2.59 bits per heavy atom. The number of aromatic nitrogens is 1. The van der Waals surface area contributed by atoms with Gasteiger partial charge in [0.1, 0.15) is 19.0 Å². The lowest BCUT2D eigenvalue weighted by atomic mass is 10.1. The summed E-state index contributed by atoms with van der Waals surface area (Å²) in [6.07, 6.45) is 3.90. The summed E-state index contributed by atoms with van der Waals surface area (Å²) in [5, 5.41) is 6.08.